The van der Waals surface area contributed by atoms with Crippen LogP contribution in [-0.2, 0) is 17.6 Å². The lowest BCUT2D eigenvalue weighted by Gasteiger charge is -2.15. The van der Waals surface area contributed by atoms with Gasteiger partial charge in [-0.05, 0) is 48.5 Å². The third-order valence-corrected chi connectivity index (χ3v) is 4.34. The van der Waals surface area contributed by atoms with Crippen LogP contribution in [0.25, 0.3) is 6.08 Å². The Bertz CT molecular complexity index is 950. The quantitative estimate of drug-likeness (QED) is 0.543. The number of ether oxygens (including phenoxy) is 1. The van der Waals surface area contributed by atoms with Gasteiger partial charge in [-0.2, -0.15) is 13.2 Å². The molecule has 5 nitrogen and oxygen atoms in total. The fraction of sp³-hybridized carbons (Fsp3) is 0.300. The van der Waals surface area contributed by atoms with E-state index in [0.717, 1.165) is 12.1 Å². The van der Waals surface area contributed by atoms with E-state index in [4.69, 9.17) is 21.4 Å². The number of furan rings is 1. The molecular formula is C20H19F3N2O3S. The van der Waals surface area contributed by atoms with Gasteiger partial charge in [0.05, 0.1) is 5.56 Å². The second kappa shape index (κ2) is 8.28. The van der Waals surface area contributed by atoms with E-state index in [1.54, 1.807) is 12.1 Å². The van der Waals surface area contributed by atoms with Crippen molar-refractivity contribution in [2.24, 2.45) is 5.92 Å². The smallest absolute Gasteiger partial charge is 0.416 e. The molecule has 1 aromatic heterocycles. The number of hydrogen-bond acceptors (Lipinski definition) is 4. The lowest BCUT2D eigenvalue weighted by molar-refractivity contribution is -0.137. The van der Waals surface area contributed by atoms with Gasteiger partial charge in [0.1, 0.15) is 29.6 Å². The number of benzene rings is 1. The summed E-state index contributed by atoms with van der Waals surface area (Å²) in [6.07, 6.45) is -2.91. The van der Waals surface area contributed by atoms with Crippen molar-refractivity contribution in [3.63, 3.8) is 0 Å². The molecule has 1 aliphatic rings. The summed E-state index contributed by atoms with van der Waals surface area (Å²) >= 11 is 5.19. The van der Waals surface area contributed by atoms with Gasteiger partial charge in [-0.1, -0.05) is 19.9 Å². The van der Waals surface area contributed by atoms with Gasteiger partial charge in [0, 0.05) is 12.6 Å². The summed E-state index contributed by atoms with van der Waals surface area (Å²) in [5.41, 5.74) is -0.483. The number of alkyl halides is 3. The van der Waals surface area contributed by atoms with Crippen molar-refractivity contribution in [3.8, 4) is 5.75 Å². The first-order chi connectivity index (χ1) is 13.6. The molecule has 0 radical (unpaired) electrons. The molecule has 0 unspecified atom stereocenters. The topological polar surface area (TPSA) is 54.7 Å². The van der Waals surface area contributed by atoms with Crippen molar-refractivity contribution in [1.82, 2.24) is 10.2 Å². The zero-order valence-electron chi connectivity index (χ0n) is 15.7. The minimum Gasteiger partial charge on any atom is -0.486 e. The number of carbonyl (C=O) groups is 1. The van der Waals surface area contributed by atoms with Gasteiger partial charge in [0.2, 0.25) is 0 Å². The molecule has 0 spiro atoms. The Kier molecular flexibility index (Phi) is 5.97. The molecule has 2 heterocycles. The number of carbonyl (C=O) groups excluding carboxylic acids is 1. The first-order valence-corrected chi connectivity index (χ1v) is 9.27. The molecule has 1 N–H and O–H groups in total. The number of halogens is 3. The summed E-state index contributed by atoms with van der Waals surface area (Å²) in [5.74, 6) is 0.917. The summed E-state index contributed by atoms with van der Waals surface area (Å²) in [5, 5.41) is 3.21. The van der Waals surface area contributed by atoms with Crippen LogP contribution < -0.4 is 10.1 Å². The Morgan fingerprint density at radius 1 is 1.28 bits per heavy atom. The number of nitrogens with one attached hydrogen (secondary N) is 1. The molecule has 1 saturated heterocycles. The van der Waals surface area contributed by atoms with Gasteiger partial charge in [0.15, 0.2) is 5.11 Å². The Morgan fingerprint density at radius 2 is 2.03 bits per heavy atom. The number of nitrogens with zero attached hydrogens (tertiary/aromatic N) is 1. The average Bonchev–Trinajstić information content (AvgIpc) is 3.19. The van der Waals surface area contributed by atoms with E-state index >= 15 is 0 Å². The first-order valence-electron chi connectivity index (χ1n) is 8.87. The molecule has 0 saturated carbocycles. The molecule has 1 fully saturated rings. The van der Waals surface area contributed by atoms with Gasteiger partial charge in [-0.25, -0.2) is 0 Å². The van der Waals surface area contributed by atoms with E-state index in [-0.39, 0.29) is 24.2 Å². The van der Waals surface area contributed by atoms with Crippen LogP contribution >= 0.6 is 12.2 Å². The Hall–Kier alpha value is -2.81. The van der Waals surface area contributed by atoms with E-state index in [1.807, 2.05) is 13.8 Å². The highest BCUT2D eigenvalue weighted by Crippen LogP contribution is 2.31. The van der Waals surface area contributed by atoms with Gasteiger partial charge in [0.25, 0.3) is 5.91 Å². The Labute approximate surface area is 171 Å². The molecule has 0 aliphatic carbocycles. The van der Waals surface area contributed by atoms with E-state index in [2.05, 4.69) is 5.32 Å². The van der Waals surface area contributed by atoms with Gasteiger partial charge >= 0.3 is 6.18 Å². The summed E-state index contributed by atoms with van der Waals surface area (Å²) in [4.78, 5) is 13.9. The standard InChI is InChI=1S/C20H19F3N2O3S/c1-12(2)10-25-18(26)17(24-19(25)29)9-15-6-7-16(28-15)11-27-14-5-3-4-13(8-14)20(21,22)23/h3-9,12H,10-11H2,1-2H3,(H,24,29)/b17-9+. The predicted molar refractivity (Wildman–Crippen MR) is 105 cm³/mol. The van der Waals surface area contributed by atoms with Gasteiger partial charge in [-0.15, -0.1) is 0 Å². The Balaban J connectivity index is 1.65. The lowest BCUT2D eigenvalue weighted by Crippen LogP contribution is -2.33. The van der Waals surface area contributed by atoms with Crippen molar-refractivity contribution in [1.29, 1.82) is 0 Å². The summed E-state index contributed by atoms with van der Waals surface area (Å²) in [6, 6.07) is 7.89. The zero-order valence-corrected chi connectivity index (χ0v) is 16.6. The highest BCUT2D eigenvalue weighted by atomic mass is 32.1. The fourth-order valence-corrected chi connectivity index (χ4v) is 2.98. The molecular weight excluding hydrogens is 405 g/mol. The monoisotopic (exact) mass is 424 g/mol. The highest BCUT2D eigenvalue weighted by Gasteiger charge is 2.31. The SMILES string of the molecule is CC(C)CN1C(=O)/C(=C\c2ccc(COc3cccc(C(F)(F)F)c3)o2)NC1=S. The van der Waals surface area contributed by atoms with Crippen LogP contribution in [0, 0.1) is 5.92 Å². The van der Waals surface area contributed by atoms with E-state index < -0.39 is 11.7 Å². The fourth-order valence-electron chi connectivity index (χ4n) is 2.71. The minimum atomic E-state index is -4.44. The molecule has 2 aromatic rings. The minimum absolute atomic E-state index is 0.0518. The molecule has 1 amide bonds. The summed E-state index contributed by atoms with van der Waals surface area (Å²) < 4.78 is 49.2. The third-order valence-electron chi connectivity index (χ3n) is 4.02. The summed E-state index contributed by atoms with van der Waals surface area (Å²) in [7, 11) is 0. The van der Waals surface area contributed by atoms with Crippen LogP contribution in [0.1, 0.15) is 30.9 Å². The van der Waals surface area contributed by atoms with Crippen LogP contribution in [-0.4, -0.2) is 22.5 Å². The highest BCUT2D eigenvalue weighted by molar-refractivity contribution is 7.80. The van der Waals surface area contributed by atoms with Crippen molar-refractivity contribution >= 4 is 29.3 Å². The van der Waals surface area contributed by atoms with Crippen molar-refractivity contribution in [2.75, 3.05) is 6.54 Å². The molecule has 29 heavy (non-hydrogen) atoms. The van der Waals surface area contributed by atoms with Gasteiger partial charge < -0.3 is 14.5 Å². The molecule has 0 atom stereocenters. The summed E-state index contributed by atoms with van der Waals surface area (Å²) in [6.45, 7) is 4.43. The van der Waals surface area contributed by atoms with Crippen LogP contribution in [0.4, 0.5) is 13.2 Å². The number of thiocarbonyl (C=S) groups is 1. The van der Waals surface area contributed by atoms with E-state index in [9.17, 15) is 18.0 Å². The molecule has 9 heteroatoms. The number of amides is 1. The zero-order chi connectivity index (χ0) is 21.2. The molecule has 1 aliphatic heterocycles. The second-order valence-electron chi connectivity index (χ2n) is 6.92. The predicted octanol–water partition coefficient (Wildman–Crippen LogP) is 4.59. The molecule has 1 aromatic carbocycles. The molecule has 154 valence electrons. The number of hydrogen-bond donors (Lipinski definition) is 1. The normalized spacial score (nSPS) is 16.1. The van der Waals surface area contributed by atoms with E-state index in [0.29, 0.717) is 28.9 Å². The Morgan fingerprint density at radius 3 is 2.72 bits per heavy atom. The largest absolute Gasteiger partial charge is 0.486 e. The second-order valence-corrected chi connectivity index (χ2v) is 7.30. The molecule has 3 rings (SSSR count). The average molecular weight is 424 g/mol. The lowest BCUT2D eigenvalue weighted by atomic mass is 10.2. The maximum atomic E-state index is 12.8. The maximum Gasteiger partial charge on any atom is 0.416 e. The van der Waals surface area contributed by atoms with Crippen molar-refractivity contribution < 1.29 is 27.1 Å². The van der Waals surface area contributed by atoms with Gasteiger partial charge in [-0.3, -0.25) is 9.69 Å². The number of rotatable bonds is 6. The molecule has 0 bridgehead atoms. The van der Waals surface area contributed by atoms with E-state index in [1.165, 1.54) is 23.1 Å². The van der Waals surface area contributed by atoms with Crippen LogP contribution in [0.3, 0.4) is 0 Å². The third kappa shape index (κ3) is 5.17. The van der Waals surface area contributed by atoms with Crippen LogP contribution in [0.5, 0.6) is 5.75 Å². The van der Waals surface area contributed by atoms with Crippen LogP contribution in [0.15, 0.2) is 46.5 Å². The first kappa shape index (κ1) is 20.9. The van der Waals surface area contributed by atoms with Crippen molar-refractivity contribution in [3.05, 3.63) is 59.2 Å². The maximum absolute atomic E-state index is 12.8. The van der Waals surface area contributed by atoms with Crippen molar-refractivity contribution in [2.45, 2.75) is 26.6 Å². The van der Waals surface area contributed by atoms with Crippen LogP contribution in [0.2, 0.25) is 0 Å².